The molecule has 0 aliphatic rings. The molecule has 0 fully saturated rings. The maximum atomic E-state index is 4.26. The van der Waals surface area contributed by atoms with Crippen molar-refractivity contribution in [3.63, 3.8) is 0 Å². The van der Waals surface area contributed by atoms with Crippen LogP contribution in [0.1, 0.15) is 20.8 Å². The Morgan fingerprint density at radius 2 is 1.88 bits per heavy atom. The van der Waals surface area contributed by atoms with Gasteiger partial charge >= 0.3 is 0 Å². The summed E-state index contributed by atoms with van der Waals surface area (Å²) in [6.45, 7) is 6.85. The van der Waals surface area contributed by atoms with Crippen molar-refractivity contribution >= 4 is 5.95 Å². The van der Waals surface area contributed by atoms with E-state index in [2.05, 4.69) is 15.4 Å². The van der Waals surface area contributed by atoms with E-state index in [1.165, 1.54) is 0 Å². The molecule has 0 saturated heterocycles. The van der Waals surface area contributed by atoms with Crippen molar-refractivity contribution in [1.29, 1.82) is 0 Å². The lowest BCUT2D eigenvalue weighted by Gasteiger charge is -1.98. The Morgan fingerprint density at radius 3 is 2.50 bits per heavy atom. The van der Waals surface area contributed by atoms with Gasteiger partial charge in [0.2, 0.25) is 5.95 Å². The molecule has 0 unspecified atom stereocenters. The summed E-state index contributed by atoms with van der Waals surface area (Å²) in [5.74, 6) is 0.663. The maximum absolute atomic E-state index is 4.26. The number of para-hydroxylation sites is 1. The van der Waals surface area contributed by atoms with Gasteiger partial charge in [-0.15, -0.1) is 5.10 Å². The first-order chi connectivity index (χ1) is 7.90. The smallest absolute Gasteiger partial charge is 0.242 e. The molecule has 0 atom stereocenters. The van der Waals surface area contributed by atoms with Crippen LogP contribution in [0, 0.1) is 0 Å². The molecule has 1 aromatic carbocycles. The third kappa shape index (κ3) is 3.08. The number of rotatable bonds is 3. The normalized spacial score (nSPS) is 9.19. The number of nitrogens with one attached hydrogen (secondary N) is 1. The lowest BCUT2D eigenvalue weighted by Crippen LogP contribution is -2.00. The molecule has 0 aliphatic heterocycles. The van der Waals surface area contributed by atoms with Crippen molar-refractivity contribution in [1.82, 2.24) is 14.8 Å². The zero-order chi connectivity index (χ0) is 11.8. The van der Waals surface area contributed by atoms with Crippen LogP contribution in [0.5, 0.6) is 0 Å². The van der Waals surface area contributed by atoms with Gasteiger partial charge in [-0.1, -0.05) is 32.0 Å². The molecule has 0 amide bonds. The van der Waals surface area contributed by atoms with Gasteiger partial charge in [0.25, 0.3) is 0 Å². The third-order valence-electron chi connectivity index (χ3n) is 1.85. The average Bonchev–Trinajstić information content (AvgIpc) is 2.82. The predicted molar refractivity (Wildman–Crippen MR) is 66.9 cm³/mol. The van der Waals surface area contributed by atoms with Gasteiger partial charge in [0.1, 0.15) is 6.33 Å². The van der Waals surface area contributed by atoms with Crippen LogP contribution in [-0.4, -0.2) is 21.3 Å². The minimum Gasteiger partial charge on any atom is -0.353 e. The van der Waals surface area contributed by atoms with Crippen LogP contribution in [-0.2, 0) is 0 Å². The van der Waals surface area contributed by atoms with Crippen molar-refractivity contribution < 1.29 is 0 Å². The molecule has 0 spiro atoms. The zero-order valence-corrected chi connectivity index (χ0v) is 10.0. The molecule has 1 aromatic heterocycles. The van der Waals surface area contributed by atoms with Crippen molar-refractivity contribution in [2.75, 3.05) is 11.9 Å². The maximum Gasteiger partial charge on any atom is 0.242 e. The number of hydrogen-bond acceptors (Lipinski definition) is 3. The molecule has 2 rings (SSSR count). The molecule has 1 heterocycles. The minimum absolute atomic E-state index is 0.663. The molecule has 2 aromatic rings. The topological polar surface area (TPSA) is 42.7 Å². The van der Waals surface area contributed by atoms with E-state index in [9.17, 15) is 0 Å². The molecule has 0 bridgehead atoms. The number of aromatic nitrogens is 3. The van der Waals surface area contributed by atoms with Gasteiger partial charge in [0.05, 0.1) is 5.69 Å². The summed E-state index contributed by atoms with van der Waals surface area (Å²) in [6.07, 6.45) is 1.70. The van der Waals surface area contributed by atoms with Crippen LogP contribution in [0.3, 0.4) is 0 Å². The van der Waals surface area contributed by atoms with E-state index in [1.54, 1.807) is 11.0 Å². The third-order valence-corrected chi connectivity index (χ3v) is 1.85. The van der Waals surface area contributed by atoms with Gasteiger partial charge in [-0.2, -0.15) is 0 Å². The van der Waals surface area contributed by atoms with Crippen molar-refractivity contribution in [3.8, 4) is 5.69 Å². The zero-order valence-electron chi connectivity index (χ0n) is 10.0. The Bertz CT molecular complexity index is 394. The summed E-state index contributed by atoms with van der Waals surface area (Å²) >= 11 is 0. The molecular weight excluding hydrogens is 200 g/mol. The highest BCUT2D eigenvalue weighted by atomic mass is 15.4. The van der Waals surface area contributed by atoms with Crippen LogP contribution in [0.4, 0.5) is 5.95 Å². The summed E-state index contributed by atoms with van der Waals surface area (Å²) in [7, 11) is 0. The van der Waals surface area contributed by atoms with Gasteiger partial charge in [0, 0.05) is 6.54 Å². The van der Waals surface area contributed by atoms with Crippen LogP contribution in [0.15, 0.2) is 36.7 Å². The number of nitrogens with zero attached hydrogens (tertiary/aromatic N) is 3. The fourth-order valence-corrected chi connectivity index (χ4v) is 1.21. The van der Waals surface area contributed by atoms with Gasteiger partial charge in [-0.3, -0.25) is 0 Å². The highest BCUT2D eigenvalue weighted by molar-refractivity contribution is 5.32. The van der Waals surface area contributed by atoms with Gasteiger partial charge < -0.3 is 5.32 Å². The van der Waals surface area contributed by atoms with E-state index in [1.807, 2.05) is 51.1 Å². The van der Waals surface area contributed by atoms with Crippen LogP contribution in [0.2, 0.25) is 0 Å². The molecule has 0 aliphatic carbocycles. The first-order valence-electron chi connectivity index (χ1n) is 5.61. The molecule has 4 heteroatoms. The Labute approximate surface area is 96.3 Å². The second-order valence-corrected chi connectivity index (χ2v) is 2.88. The van der Waals surface area contributed by atoms with E-state index in [4.69, 9.17) is 0 Å². The minimum atomic E-state index is 0.663. The fourth-order valence-electron chi connectivity index (χ4n) is 1.21. The lowest BCUT2D eigenvalue weighted by atomic mass is 10.3. The Balaban J connectivity index is 0.000000606. The fraction of sp³-hybridized carbons (Fsp3) is 0.333. The van der Waals surface area contributed by atoms with E-state index in [0.29, 0.717) is 5.95 Å². The van der Waals surface area contributed by atoms with E-state index in [0.717, 1.165) is 12.2 Å². The quantitative estimate of drug-likeness (QED) is 0.861. The Kier molecular flexibility index (Phi) is 5.05. The molecule has 86 valence electrons. The summed E-state index contributed by atoms with van der Waals surface area (Å²) in [5, 5.41) is 7.32. The summed E-state index contributed by atoms with van der Waals surface area (Å²) in [5.41, 5.74) is 1.02. The number of hydrogen-bond donors (Lipinski definition) is 1. The molecule has 16 heavy (non-hydrogen) atoms. The second kappa shape index (κ2) is 6.61. The van der Waals surface area contributed by atoms with Crippen LogP contribution >= 0.6 is 0 Å². The molecule has 0 radical (unpaired) electrons. The first kappa shape index (κ1) is 12.2. The Hall–Kier alpha value is -1.84. The van der Waals surface area contributed by atoms with Gasteiger partial charge in [0.15, 0.2) is 0 Å². The van der Waals surface area contributed by atoms with Gasteiger partial charge in [-0.05, 0) is 19.1 Å². The summed E-state index contributed by atoms with van der Waals surface area (Å²) in [4.78, 5) is 4.12. The Morgan fingerprint density at radius 1 is 1.19 bits per heavy atom. The monoisotopic (exact) mass is 218 g/mol. The lowest BCUT2D eigenvalue weighted by molar-refractivity contribution is 0.878. The SMILES string of the molecule is CC.CCNc1ncn(-c2ccccc2)n1. The standard InChI is InChI=1S/C10H12N4.C2H6/c1-2-11-10-12-8-14(13-10)9-6-4-3-5-7-9;1-2/h3-8H,2H2,1H3,(H,11,13);1-2H3. The first-order valence-corrected chi connectivity index (χ1v) is 5.61. The van der Waals surface area contributed by atoms with E-state index < -0.39 is 0 Å². The second-order valence-electron chi connectivity index (χ2n) is 2.88. The molecule has 1 N–H and O–H groups in total. The largest absolute Gasteiger partial charge is 0.353 e. The van der Waals surface area contributed by atoms with Crippen LogP contribution < -0.4 is 5.32 Å². The van der Waals surface area contributed by atoms with Crippen LogP contribution in [0.25, 0.3) is 5.69 Å². The number of benzene rings is 1. The summed E-state index contributed by atoms with van der Waals surface area (Å²) in [6, 6.07) is 9.91. The van der Waals surface area contributed by atoms with Crippen molar-refractivity contribution in [3.05, 3.63) is 36.7 Å². The van der Waals surface area contributed by atoms with E-state index >= 15 is 0 Å². The van der Waals surface area contributed by atoms with E-state index in [-0.39, 0.29) is 0 Å². The predicted octanol–water partition coefficient (Wildman–Crippen LogP) is 2.73. The number of anilines is 1. The van der Waals surface area contributed by atoms with Gasteiger partial charge in [-0.25, -0.2) is 9.67 Å². The average molecular weight is 218 g/mol. The van der Waals surface area contributed by atoms with Crippen molar-refractivity contribution in [2.45, 2.75) is 20.8 Å². The molecule has 0 saturated carbocycles. The molecular formula is C12H18N4. The highest BCUT2D eigenvalue weighted by Crippen LogP contribution is 2.06. The highest BCUT2D eigenvalue weighted by Gasteiger charge is 1.99. The van der Waals surface area contributed by atoms with Crippen molar-refractivity contribution in [2.24, 2.45) is 0 Å². The molecule has 4 nitrogen and oxygen atoms in total. The summed E-state index contributed by atoms with van der Waals surface area (Å²) < 4.78 is 1.75.